The van der Waals surface area contributed by atoms with Gasteiger partial charge in [0.05, 0.1) is 23.2 Å². The fraction of sp³-hybridized carbons (Fsp3) is 0.300. The first-order valence-electron chi connectivity index (χ1n) is 21.0. The van der Waals surface area contributed by atoms with E-state index < -0.39 is 63.0 Å². The fourth-order valence-electron chi connectivity index (χ4n) is 6.85. The SMILES string of the molecule is C=CCc1ccccc1S(=O)(=O)NC(=O)[C@H](CC)NC(=O)[C@H](NC(=O)[C@@H](NC(=O)OC(C)(C)C)C(C)(C)C)c1ccc(Oc2cc(-c3ccccc3)nc3cc(OC)ccc23)c(C=C)c1. The van der Waals surface area contributed by atoms with E-state index in [2.05, 4.69) is 33.8 Å². The highest BCUT2D eigenvalue weighted by Crippen LogP contribution is 2.37. The topological polar surface area (TPSA) is 191 Å². The minimum atomic E-state index is -4.38. The first-order chi connectivity index (χ1) is 30.7. The molecule has 1 aromatic heterocycles. The maximum Gasteiger partial charge on any atom is 0.408 e. The van der Waals surface area contributed by atoms with E-state index in [1.165, 1.54) is 18.2 Å². The van der Waals surface area contributed by atoms with Crippen LogP contribution >= 0.6 is 0 Å². The molecule has 0 saturated carbocycles. The van der Waals surface area contributed by atoms with Crippen LogP contribution in [0.25, 0.3) is 28.2 Å². The molecule has 0 aliphatic rings. The molecule has 0 bridgehead atoms. The Morgan fingerprint density at radius 2 is 1.48 bits per heavy atom. The molecule has 0 unspecified atom stereocenters. The van der Waals surface area contributed by atoms with E-state index in [9.17, 15) is 27.6 Å². The molecule has 0 radical (unpaired) electrons. The van der Waals surface area contributed by atoms with Gasteiger partial charge in [0, 0.05) is 28.6 Å². The molecule has 5 rings (SSSR count). The molecular weight excluding hydrogens is 847 g/mol. The summed E-state index contributed by atoms with van der Waals surface area (Å²) in [6.07, 6.45) is 2.44. The van der Waals surface area contributed by atoms with E-state index in [1.807, 2.05) is 48.5 Å². The number of nitrogens with one attached hydrogen (secondary N) is 4. The number of nitrogens with zero attached hydrogens (tertiary/aromatic N) is 1. The number of aromatic nitrogens is 1. The summed E-state index contributed by atoms with van der Waals surface area (Å²) in [7, 11) is -2.81. The Morgan fingerprint density at radius 1 is 0.785 bits per heavy atom. The zero-order valence-electron chi connectivity index (χ0n) is 38.0. The molecule has 1 heterocycles. The number of benzene rings is 4. The lowest BCUT2D eigenvalue weighted by Gasteiger charge is -2.33. The van der Waals surface area contributed by atoms with Gasteiger partial charge in [0.15, 0.2) is 0 Å². The van der Waals surface area contributed by atoms with Gasteiger partial charge in [-0.25, -0.2) is 22.9 Å². The van der Waals surface area contributed by atoms with Crippen molar-refractivity contribution in [2.45, 2.75) is 89.9 Å². The van der Waals surface area contributed by atoms with E-state index in [0.29, 0.717) is 45.0 Å². The molecule has 4 aromatic carbocycles. The molecule has 4 amide bonds. The van der Waals surface area contributed by atoms with Gasteiger partial charge in [-0.3, -0.25) is 14.4 Å². The Kier molecular flexibility index (Phi) is 15.6. The molecule has 65 heavy (non-hydrogen) atoms. The summed E-state index contributed by atoms with van der Waals surface area (Å²) in [5.74, 6) is -1.16. The van der Waals surface area contributed by atoms with Gasteiger partial charge in [-0.2, -0.15) is 0 Å². The Bertz CT molecular complexity index is 2690. The number of ether oxygens (including phenoxy) is 3. The van der Waals surface area contributed by atoms with E-state index in [-0.39, 0.29) is 23.3 Å². The maximum atomic E-state index is 14.5. The number of hydrogen-bond donors (Lipinski definition) is 4. The Labute approximate surface area is 380 Å². The standard InChI is InChI=1S/C50H57N5O9S/c1-11-19-33-22-17-18-23-42(33)65(60,61)55-45(56)37(13-3)52-46(57)43(53-47(58)44(49(4,5)6)54-48(59)64-50(7,8)9)34-24-27-40(31(12-2)28-34)63-41-30-38(32-20-15-14-16-21-32)51-39-29-35(62-10)25-26-36(39)41/h11-12,14-18,20-30,37,43-44H,1-2,13,19H2,3-10H3,(H,52,57)(H,53,58)(H,54,59)(H,55,56)/t37-,43+,44+/m0/s1. The number of carbonyl (C=O) groups excluding carboxylic acids is 4. The van der Waals surface area contributed by atoms with Crippen molar-refractivity contribution in [1.29, 1.82) is 0 Å². The molecule has 0 saturated heterocycles. The van der Waals surface area contributed by atoms with Crippen LogP contribution < -0.4 is 30.1 Å². The zero-order valence-corrected chi connectivity index (χ0v) is 38.8. The summed E-state index contributed by atoms with van der Waals surface area (Å²) in [4.78, 5) is 60.2. The largest absolute Gasteiger partial charge is 0.497 e. The second-order valence-electron chi connectivity index (χ2n) is 17.3. The predicted molar refractivity (Wildman–Crippen MR) is 252 cm³/mol. The molecule has 4 N–H and O–H groups in total. The van der Waals surface area contributed by atoms with Gasteiger partial charge in [-0.05, 0) is 80.5 Å². The van der Waals surface area contributed by atoms with Crippen molar-refractivity contribution in [3.05, 3.63) is 133 Å². The summed E-state index contributed by atoms with van der Waals surface area (Å²) in [5.41, 5.74) is 1.48. The number of pyridine rings is 1. The average molecular weight is 904 g/mol. The highest BCUT2D eigenvalue weighted by atomic mass is 32.2. The lowest BCUT2D eigenvalue weighted by Crippen LogP contribution is -2.57. The van der Waals surface area contributed by atoms with E-state index in [1.54, 1.807) is 98.1 Å². The lowest BCUT2D eigenvalue weighted by atomic mass is 9.86. The second kappa shape index (κ2) is 20.7. The van der Waals surface area contributed by atoms with E-state index in [0.717, 1.165) is 5.56 Å². The minimum Gasteiger partial charge on any atom is -0.497 e. The maximum absolute atomic E-state index is 14.5. The van der Waals surface area contributed by atoms with Crippen molar-refractivity contribution >= 4 is 50.8 Å². The molecule has 0 spiro atoms. The number of sulfonamides is 1. The number of rotatable bonds is 17. The van der Waals surface area contributed by atoms with E-state index >= 15 is 0 Å². The molecular formula is C50H57N5O9S. The number of amides is 4. The van der Waals surface area contributed by atoms with Crippen molar-refractivity contribution in [3.63, 3.8) is 0 Å². The predicted octanol–water partition coefficient (Wildman–Crippen LogP) is 8.57. The van der Waals surface area contributed by atoms with Gasteiger partial charge in [0.25, 0.3) is 15.9 Å². The number of carbonyl (C=O) groups is 4. The van der Waals surface area contributed by atoms with Crippen molar-refractivity contribution in [1.82, 2.24) is 25.7 Å². The van der Waals surface area contributed by atoms with Gasteiger partial charge >= 0.3 is 6.09 Å². The van der Waals surface area contributed by atoms with Gasteiger partial charge in [0.1, 0.15) is 41.0 Å². The van der Waals surface area contributed by atoms with Gasteiger partial charge in [-0.15, -0.1) is 6.58 Å². The summed E-state index contributed by atoms with van der Waals surface area (Å²) in [6.45, 7) is 19.5. The molecule has 0 aliphatic carbocycles. The first kappa shape index (κ1) is 49.0. The van der Waals surface area contributed by atoms with Crippen LogP contribution in [0.2, 0.25) is 0 Å². The molecule has 3 atom stereocenters. The summed E-state index contributed by atoms with van der Waals surface area (Å²) in [6, 6.07) is 23.8. The van der Waals surface area contributed by atoms with Gasteiger partial charge in [-0.1, -0.05) is 101 Å². The van der Waals surface area contributed by atoms with Gasteiger partial charge < -0.3 is 30.2 Å². The van der Waals surface area contributed by atoms with Crippen LogP contribution in [0.1, 0.15) is 77.6 Å². The summed E-state index contributed by atoms with van der Waals surface area (Å²) in [5, 5.41) is 8.75. The third kappa shape index (κ3) is 12.6. The normalized spacial score (nSPS) is 13.0. The molecule has 15 heteroatoms. The molecule has 342 valence electrons. The highest BCUT2D eigenvalue weighted by molar-refractivity contribution is 7.90. The smallest absolute Gasteiger partial charge is 0.408 e. The number of allylic oxidation sites excluding steroid dienone is 1. The summed E-state index contributed by atoms with van der Waals surface area (Å²) >= 11 is 0. The second-order valence-corrected chi connectivity index (χ2v) is 18.9. The molecule has 14 nitrogen and oxygen atoms in total. The quantitative estimate of drug-likeness (QED) is 0.0658. The van der Waals surface area contributed by atoms with Crippen LogP contribution in [-0.4, -0.2) is 62.0 Å². The lowest BCUT2D eigenvalue weighted by molar-refractivity contribution is -0.133. The van der Waals surface area contributed by atoms with Crippen LogP contribution in [0.5, 0.6) is 17.2 Å². The zero-order chi connectivity index (χ0) is 47.7. The summed E-state index contributed by atoms with van der Waals surface area (Å²) < 4.78 is 46.6. The van der Waals surface area contributed by atoms with Crippen molar-refractivity contribution in [2.75, 3.05) is 7.11 Å². The third-order valence-corrected chi connectivity index (χ3v) is 11.5. The van der Waals surface area contributed by atoms with Gasteiger partial charge in [0.2, 0.25) is 11.8 Å². The third-order valence-electron chi connectivity index (χ3n) is 10.1. The first-order valence-corrected chi connectivity index (χ1v) is 22.5. The van der Waals surface area contributed by atoms with Crippen LogP contribution in [0.15, 0.2) is 121 Å². The Morgan fingerprint density at radius 3 is 2.11 bits per heavy atom. The van der Waals surface area contributed by atoms with Crippen LogP contribution in [0.3, 0.4) is 0 Å². The van der Waals surface area contributed by atoms with Crippen molar-refractivity contribution in [3.8, 4) is 28.5 Å². The number of fused-ring (bicyclic) bond motifs is 1. The molecule has 0 aliphatic heterocycles. The molecule has 5 aromatic rings. The van der Waals surface area contributed by atoms with Crippen molar-refractivity contribution < 1.29 is 41.8 Å². The van der Waals surface area contributed by atoms with Crippen LogP contribution in [-0.2, 0) is 35.6 Å². The highest BCUT2D eigenvalue weighted by Gasteiger charge is 2.38. The Balaban J connectivity index is 1.53. The number of methoxy groups -OCH3 is 1. The molecule has 0 fully saturated rings. The number of alkyl carbamates (subject to hydrolysis) is 1. The Hall–Kier alpha value is -7.00. The van der Waals surface area contributed by atoms with Crippen LogP contribution in [0.4, 0.5) is 4.79 Å². The monoisotopic (exact) mass is 903 g/mol. The van der Waals surface area contributed by atoms with Crippen molar-refractivity contribution in [2.24, 2.45) is 5.41 Å². The minimum absolute atomic E-state index is 0.0195. The van der Waals surface area contributed by atoms with Crippen LogP contribution in [0, 0.1) is 5.41 Å². The average Bonchev–Trinajstić information content (AvgIpc) is 3.25. The van der Waals surface area contributed by atoms with E-state index in [4.69, 9.17) is 19.2 Å². The fourth-order valence-corrected chi connectivity index (χ4v) is 8.12. The number of hydrogen-bond acceptors (Lipinski definition) is 10.